The van der Waals surface area contributed by atoms with Gasteiger partial charge in [-0.05, 0) is 50.0 Å². The molecule has 20 heavy (non-hydrogen) atoms. The van der Waals surface area contributed by atoms with E-state index in [-0.39, 0.29) is 17.2 Å². The van der Waals surface area contributed by atoms with Crippen LogP contribution in [0.25, 0.3) is 0 Å². The maximum atomic E-state index is 13.2. The fraction of sp³-hybridized carbons (Fsp3) is 0.533. The summed E-state index contributed by atoms with van der Waals surface area (Å²) in [5.74, 6) is 0.0397. The fourth-order valence-corrected chi connectivity index (χ4v) is 2.46. The van der Waals surface area contributed by atoms with Gasteiger partial charge in [0.15, 0.2) is 0 Å². The number of piperidine rings is 1. The third-order valence-electron chi connectivity index (χ3n) is 3.77. The molecule has 0 saturated carbocycles. The van der Waals surface area contributed by atoms with Gasteiger partial charge < -0.3 is 16.0 Å². The number of carbonyl (C=O) groups excluding carboxylic acids is 1. The minimum Gasteiger partial charge on any atom is -0.399 e. The van der Waals surface area contributed by atoms with Crippen molar-refractivity contribution >= 4 is 11.6 Å². The molecule has 1 amide bonds. The molecule has 1 aromatic carbocycles. The first-order chi connectivity index (χ1) is 9.54. The van der Waals surface area contributed by atoms with Gasteiger partial charge in [0.25, 0.3) is 5.91 Å². The summed E-state index contributed by atoms with van der Waals surface area (Å²) < 4.78 is 13.2. The summed E-state index contributed by atoms with van der Waals surface area (Å²) in [5, 5.41) is 2.81. The molecule has 110 valence electrons. The highest BCUT2D eigenvalue weighted by Crippen LogP contribution is 2.15. The molecular formula is C15H22FN3O. The number of amides is 1. The van der Waals surface area contributed by atoms with Crippen LogP contribution in [0, 0.1) is 11.7 Å². The molecule has 1 aliphatic rings. The second-order valence-corrected chi connectivity index (χ2v) is 5.55. The SMILES string of the molecule is CC1CCN(CCNC(=O)c2cc(N)cc(F)c2)CC1. The van der Waals surface area contributed by atoms with Gasteiger partial charge in [-0.25, -0.2) is 4.39 Å². The monoisotopic (exact) mass is 279 g/mol. The molecule has 0 aliphatic carbocycles. The lowest BCUT2D eigenvalue weighted by molar-refractivity contribution is 0.0944. The number of anilines is 1. The van der Waals surface area contributed by atoms with E-state index >= 15 is 0 Å². The highest BCUT2D eigenvalue weighted by Gasteiger charge is 2.15. The molecule has 2 rings (SSSR count). The van der Waals surface area contributed by atoms with E-state index in [0.29, 0.717) is 6.54 Å². The van der Waals surface area contributed by atoms with Crippen molar-refractivity contribution in [1.82, 2.24) is 10.2 Å². The first-order valence-corrected chi connectivity index (χ1v) is 7.11. The number of hydrogen-bond acceptors (Lipinski definition) is 3. The van der Waals surface area contributed by atoms with E-state index in [0.717, 1.165) is 25.6 Å². The van der Waals surface area contributed by atoms with Crippen molar-refractivity contribution in [3.05, 3.63) is 29.6 Å². The lowest BCUT2D eigenvalue weighted by atomic mass is 9.99. The molecule has 0 aromatic heterocycles. The molecular weight excluding hydrogens is 257 g/mol. The number of hydrogen-bond donors (Lipinski definition) is 2. The smallest absolute Gasteiger partial charge is 0.251 e. The van der Waals surface area contributed by atoms with Crippen molar-refractivity contribution in [1.29, 1.82) is 0 Å². The minimum atomic E-state index is -0.486. The van der Waals surface area contributed by atoms with Crippen molar-refractivity contribution in [3.8, 4) is 0 Å². The van der Waals surface area contributed by atoms with E-state index in [9.17, 15) is 9.18 Å². The zero-order chi connectivity index (χ0) is 14.5. The summed E-state index contributed by atoms with van der Waals surface area (Å²) in [6.07, 6.45) is 2.43. The van der Waals surface area contributed by atoms with Crippen LogP contribution in [0.15, 0.2) is 18.2 Å². The number of nitrogen functional groups attached to an aromatic ring is 1. The van der Waals surface area contributed by atoms with E-state index in [1.807, 2.05) is 0 Å². The van der Waals surface area contributed by atoms with Crippen LogP contribution in [0.2, 0.25) is 0 Å². The number of nitrogens with zero attached hydrogens (tertiary/aromatic N) is 1. The van der Waals surface area contributed by atoms with Gasteiger partial charge in [-0.3, -0.25) is 4.79 Å². The third-order valence-corrected chi connectivity index (χ3v) is 3.77. The number of halogens is 1. The standard InChI is InChI=1S/C15H22FN3O/c1-11-2-5-19(6-3-11)7-4-18-15(20)12-8-13(16)10-14(17)9-12/h8-11H,2-7,17H2,1H3,(H,18,20). The van der Waals surface area contributed by atoms with Gasteiger partial charge in [-0.15, -0.1) is 0 Å². The Morgan fingerprint density at radius 3 is 2.75 bits per heavy atom. The summed E-state index contributed by atoms with van der Waals surface area (Å²) >= 11 is 0. The van der Waals surface area contributed by atoms with Gasteiger partial charge >= 0.3 is 0 Å². The van der Waals surface area contributed by atoms with Gasteiger partial charge in [-0.1, -0.05) is 6.92 Å². The summed E-state index contributed by atoms with van der Waals surface area (Å²) in [7, 11) is 0. The van der Waals surface area contributed by atoms with Crippen LogP contribution in [0.3, 0.4) is 0 Å². The highest BCUT2D eigenvalue weighted by molar-refractivity contribution is 5.95. The fourth-order valence-electron chi connectivity index (χ4n) is 2.46. The van der Waals surface area contributed by atoms with Crippen LogP contribution in [0.5, 0.6) is 0 Å². The highest BCUT2D eigenvalue weighted by atomic mass is 19.1. The van der Waals surface area contributed by atoms with Crippen LogP contribution in [-0.4, -0.2) is 37.0 Å². The Kier molecular flexibility index (Phi) is 4.95. The van der Waals surface area contributed by atoms with Crippen LogP contribution in [-0.2, 0) is 0 Å². The van der Waals surface area contributed by atoms with Gasteiger partial charge in [0.1, 0.15) is 5.82 Å². The molecule has 1 aliphatic heterocycles. The minimum absolute atomic E-state index is 0.264. The number of benzene rings is 1. The number of likely N-dealkylation sites (tertiary alicyclic amines) is 1. The van der Waals surface area contributed by atoms with Gasteiger partial charge in [0.2, 0.25) is 0 Å². The first kappa shape index (κ1) is 14.8. The van der Waals surface area contributed by atoms with E-state index < -0.39 is 5.82 Å². The van der Waals surface area contributed by atoms with Crippen LogP contribution in [0.1, 0.15) is 30.1 Å². The second-order valence-electron chi connectivity index (χ2n) is 5.55. The summed E-state index contributed by atoms with van der Waals surface area (Å²) in [6.45, 7) is 5.86. The van der Waals surface area contributed by atoms with Crippen molar-refractivity contribution in [2.75, 3.05) is 31.9 Å². The summed E-state index contributed by atoms with van der Waals surface area (Å²) in [6, 6.07) is 3.89. The molecule has 0 spiro atoms. The van der Waals surface area contributed by atoms with Gasteiger partial charge in [-0.2, -0.15) is 0 Å². The van der Waals surface area contributed by atoms with Crippen LogP contribution >= 0.6 is 0 Å². The molecule has 1 aromatic rings. The predicted octanol–water partition coefficient (Wildman–Crippen LogP) is 1.87. The number of nitrogens with one attached hydrogen (secondary N) is 1. The van der Waals surface area contributed by atoms with E-state index in [1.54, 1.807) is 0 Å². The molecule has 0 bridgehead atoms. The number of nitrogens with two attached hydrogens (primary N) is 1. The zero-order valence-corrected chi connectivity index (χ0v) is 11.9. The van der Waals surface area contributed by atoms with Crippen LogP contribution < -0.4 is 11.1 Å². The number of carbonyl (C=O) groups is 1. The van der Waals surface area contributed by atoms with E-state index in [4.69, 9.17) is 5.73 Å². The molecule has 3 N–H and O–H groups in total. The molecule has 1 heterocycles. The Morgan fingerprint density at radius 1 is 1.40 bits per heavy atom. The second kappa shape index (κ2) is 6.70. The number of rotatable bonds is 4. The lowest BCUT2D eigenvalue weighted by Crippen LogP contribution is -2.39. The Labute approximate surface area is 119 Å². The lowest BCUT2D eigenvalue weighted by Gasteiger charge is -2.30. The average molecular weight is 279 g/mol. The van der Waals surface area contributed by atoms with Crippen molar-refractivity contribution in [2.45, 2.75) is 19.8 Å². The van der Waals surface area contributed by atoms with Crippen molar-refractivity contribution in [3.63, 3.8) is 0 Å². The Balaban J connectivity index is 1.77. The van der Waals surface area contributed by atoms with Crippen molar-refractivity contribution < 1.29 is 9.18 Å². The van der Waals surface area contributed by atoms with E-state index in [2.05, 4.69) is 17.1 Å². The average Bonchev–Trinajstić information content (AvgIpc) is 2.40. The molecule has 5 heteroatoms. The van der Waals surface area contributed by atoms with Gasteiger partial charge in [0, 0.05) is 24.3 Å². The molecule has 0 unspecified atom stereocenters. The molecule has 1 fully saturated rings. The topological polar surface area (TPSA) is 58.4 Å². The molecule has 4 nitrogen and oxygen atoms in total. The van der Waals surface area contributed by atoms with Gasteiger partial charge in [0.05, 0.1) is 0 Å². The Morgan fingerprint density at radius 2 is 2.10 bits per heavy atom. The Bertz CT molecular complexity index is 450. The quantitative estimate of drug-likeness (QED) is 0.827. The maximum absolute atomic E-state index is 13.2. The van der Waals surface area contributed by atoms with E-state index in [1.165, 1.54) is 31.0 Å². The predicted molar refractivity (Wildman–Crippen MR) is 78.0 cm³/mol. The normalized spacial score (nSPS) is 17.1. The zero-order valence-electron chi connectivity index (χ0n) is 11.9. The summed E-state index contributed by atoms with van der Waals surface area (Å²) in [5.41, 5.74) is 6.06. The van der Waals surface area contributed by atoms with Crippen LogP contribution in [0.4, 0.5) is 10.1 Å². The molecule has 1 saturated heterocycles. The maximum Gasteiger partial charge on any atom is 0.251 e. The third kappa shape index (κ3) is 4.20. The van der Waals surface area contributed by atoms with Crippen molar-refractivity contribution in [2.24, 2.45) is 5.92 Å². The Hall–Kier alpha value is -1.62. The molecule has 0 radical (unpaired) electrons. The first-order valence-electron chi connectivity index (χ1n) is 7.11. The largest absolute Gasteiger partial charge is 0.399 e. The summed E-state index contributed by atoms with van der Waals surface area (Å²) in [4.78, 5) is 14.2. The molecule has 0 atom stereocenters.